The number of rotatable bonds is 1. The first-order chi connectivity index (χ1) is 6.18. The smallest absolute Gasteiger partial charge is 0.216 e. The molecule has 6 nitrogen and oxygen atoms in total. The van der Waals surface area contributed by atoms with Gasteiger partial charge in [0, 0.05) is 11.9 Å². The maximum Gasteiger partial charge on any atom is 0.216 e. The normalized spacial score (nSPS) is 10.5. The zero-order valence-electron chi connectivity index (χ0n) is 6.90. The molecule has 2 heterocycles. The lowest BCUT2D eigenvalue weighted by Gasteiger charge is -1.93. The number of hydrogen-bond acceptors (Lipinski definition) is 4. The number of H-pyrrole nitrogens is 2. The number of hydrogen-bond donors (Lipinski definition) is 3. The Hall–Kier alpha value is -1.63. The fraction of sp³-hybridized carbons (Fsp3) is 0.167. The van der Waals surface area contributed by atoms with E-state index >= 15 is 0 Å². The van der Waals surface area contributed by atoms with Crippen LogP contribution < -0.4 is 5.84 Å². The number of aryl methyl sites for hydroxylation is 1. The highest BCUT2D eigenvalue weighted by molar-refractivity contribution is 7.71. The van der Waals surface area contributed by atoms with Crippen molar-refractivity contribution in [3.05, 3.63) is 16.7 Å². The van der Waals surface area contributed by atoms with Gasteiger partial charge in [0.15, 0.2) is 5.82 Å². The first-order valence-electron chi connectivity index (χ1n) is 3.63. The van der Waals surface area contributed by atoms with E-state index in [1.807, 2.05) is 6.92 Å². The van der Waals surface area contributed by atoms with Gasteiger partial charge in [0.25, 0.3) is 0 Å². The van der Waals surface area contributed by atoms with E-state index < -0.39 is 0 Å². The Morgan fingerprint density at radius 2 is 2.38 bits per heavy atom. The summed E-state index contributed by atoms with van der Waals surface area (Å²) in [5, 5.41) is 6.50. The quantitative estimate of drug-likeness (QED) is 0.453. The number of aromatic amines is 2. The number of nitrogen functional groups attached to an aromatic ring is 1. The lowest BCUT2D eigenvalue weighted by Crippen LogP contribution is -2.10. The zero-order valence-corrected chi connectivity index (χ0v) is 7.72. The highest BCUT2D eigenvalue weighted by atomic mass is 32.1. The molecule has 0 aliphatic heterocycles. The van der Waals surface area contributed by atoms with Gasteiger partial charge < -0.3 is 10.8 Å². The molecule has 68 valence electrons. The number of nitrogens with zero attached hydrogens (tertiary/aromatic N) is 3. The van der Waals surface area contributed by atoms with Gasteiger partial charge in [-0.05, 0) is 19.1 Å². The highest BCUT2D eigenvalue weighted by Gasteiger charge is 2.08. The summed E-state index contributed by atoms with van der Waals surface area (Å²) in [6.07, 6.45) is 1.70. The Bertz CT molecular complexity index is 477. The maximum absolute atomic E-state index is 5.60. The molecule has 0 aromatic carbocycles. The molecule has 0 radical (unpaired) electrons. The highest BCUT2D eigenvalue weighted by Crippen LogP contribution is 2.09. The summed E-state index contributed by atoms with van der Waals surface area (Å²) in [5.41, 5.74) is 0.948. The van der Waals surface area contributed by atoms with E-state index in [0.29, 0.717) is 16.4 Å². The molecule has 0 bridgehead atoms. The average molecular weight is 196 g/mol. The van der Waals surface area contributed by atoms with Crippen LogP contribution in [0.25, 0.3) is 11.6 Å². The minimum absolute atomic E-state index is 0.365. The standard InChI is InChI=1S/C6H8N6S/c1-3-2-8-4(9-3)5-10-11-6(13)12(5)7/h2H,7H2,1H3,(H,8,9)(H,11,13). The predicted molar refractivity (Wildman–Crippen MR) is 49.9 cm³/mol. The Labute approximate surface area is 78.8 Å². The molecule has 0 aliphatic rings. The summed E-state index contributed by atoms with van der Waals surface area (Å²) >= 11 is 4.86. The fourth-order valence-corrected chi connectivity index (χ4v) is 1.13. The Balaban J connectivity index is 2.58. The Kier molecular flexibility index (Phi) is 1.66. The zero-order chi connectivity index (χ0) is 9.42. The van der Waals surface area contributed by atoms with Crippen LogP contribution in [0.4, 0.5) is 0 Å². The Morgan fingerprint density at radius 1 is 1.62 bits per heavy atom. The summed E-state index contributed by atoms with van der Waals surface area (Å²) in [6, 6.07) is 0. The van der Waals surface area contributed by atoms with Gasteiger partial charge in [0.05, 0.1) is 0 Å². The van der Waals surface area contributed by atoms with Crippen LogP contribution in [0.2, 0.25) is 0 Å². The molecule has 7 heteroatoms. The van der Waals surface area contributed by atoms with Gasteiger partial charge >= 0.3 is 0 Å². The molecule has 0 aliphatic carbocycles. The second-order valence-electron chi connectivity index (χ2n) is 2.64. The van der Waals surface area contributed by atoms with Crippen LogP contribution in [0.1, 0.15) is 5.69 Å². The van der Waals surface area contributed by atoms with Crippen LogP contribution in [0.3, 0.4) is 0 Å². The summed E-state index contributed by atoms with van der Waals surface area (Å²) in [7, 11) is 0. The van der Waals surface area contributed by atoms with Crippen molar-refractivity contribution in [3.63, 3.8) is 0 Å². The van der Waals surface area contributed by atoms with Gasteiger partial charge in [-0.2, -0.15) is 0 Å². The lowest BCUT2D eigenvalue weighted by atomic mass is 10.5. The van der Waals surface area contributed by atoms with Crippen LogP contribution in [-0.4, -0.2) is 24.8 Å². The van der Waals surface area contributed by atoms with Crippen molar-refractivity contribution in [1.82, 2.24) is 24.8 Å². The van der Waals surface area contributed by atoms with Crippen molar-refractivity contribution >= 4 is 12.2 Å². The van der Waals surface area contributed by atoms with Crippen molar-refractivity contribution in [2.24, 2.45) is 0 Å². The lowest BCUT2D eigenvalue weighted by molar-refractivity contribution is 0.971. The largest absolute Gasteiger partial charge is 0.339 e. The number of nitrogens with two attached hydrogens (primary N) is 1. The summed E-state index contributed by atoms with van der Waals surface area (Å²) in [5.74, 6) is 6.70. The molecule has 2 aromatic rings. The van der Waals surface area contributed by atoms with E-state index in [-0.39, 0.29) is 0 Å². The van der Waals surface area contributed by atoms with E-state index in [4.69, 9.17) is 18.1 Å². The number of imidazole rings is 1. The summed E-state index contributed by atoms with van der Waals surface area (Å²) in [4.78, 5) is 7.08. The van der Waals surface area contributed by atoms with Crippen molar-refractivity contribution in [3.8, 4) is 11.6 Å². The predicted octanol–water partition coefficient (Wildman–Crippen LogP) is 0.353. The molecule has 4 N–H and O–H groups in total. The van der Waals surface area contributed by atoms with Gasteiger partial charge in [0.2, 0.25) is 10.6 Å². The minimum atomic E-state index is 0.365. The topological polar surface area (TPSA) is 88.3 Å². The first-order valence-corrected chi connectivity index (χ1v) is 4.04. The van der Waals surface area contributed by atoms with Gasteiger partial charge in [0.1, 0.15) is 0 Å². The first kappa shape index (κ1) is 7.99. The van der Waals surface area contributed by atoms with Crippen molar-refractivity contribution in [1.29, 1.82) is 0 Å². The number of aromatic nitrogens is 5. The molecule has 13 heavy (non-hydrogen) atoms. The van der Waals surface area contributed by atoms with E-state index in [2.05, 4.69) is 20.2 Å². The van der Waals surface area contributed by atoms with Gasteiger partial charge in [-0.1, -0.05) is 0 Å². The molecule has 0 spiro atoms. The minimum Gasteiger partial charge on any atom is -0.339 e. The molecular weight excluding hydrogens is 188 g/mol. The van der Waals surface area contributed by atoms with E-state index in [1.165, 1.54) is 4.68 Å². The van der Waals surface area contributed by atoms with E-state index in [0.717, 1.165) is 5.69 Å². The Morgan fingerprint density at radius 3 is 2.85 bits per heavy atom. The fourth-order valence-electron chi connectivity index (χ4n) is 0.998. The molecule has 2 rings (SSSR count). The van der Waals surface area contributed by atoms with Crippen LogP contribution in [0.5, 0.6) is 0 Å². The molecule has 0 atom stereocenters. The third-order valence-corrected chi connectivity index (χ3v) is 1.91. The molecular formula is C6H8N6S. The van der Waals surface area contributed by atoms with Crippen molar-refractivity contribution < 1.29 is 0 Å². The van der Waals surface area contributed by atoms with Crippen LogP contribution in [0, 0.1) is 11.7 Å². The maximum atomic E-state index is 5.60. The molecule has 0 unspecified atom stereocenters. The van der Waals surface area contributed by atoms with Crippen molar-refractivity contribution in [2.45, 2.75) is 6.92 Å². The number of nitrogens with one attached hydrogen (secondary N) is 2. The molecule has 0 saturated carbocycles. The second-order valence-corrected chi connectivity index (χ2v) is 3.02. The molecule has 0 amide bonds. The van der Waals surface area contributed by atoms with Crippen LogP contribution in [-0.2, 0) is 0 Å². The van der Waals surface area contributed by atoms with Gasteiger partial charge in [-0.3, -0.25) is 0 Å². The average Bonchev–Trinajstić information content (AvgIpc) is 2.62. The molecule has 0 saturated heterocycles. The SMILES string of the molecule is Cc1cnc(-c2n[nH]c(=S)n2N)[nH]1. The van der Waals surface area contributed by atoms with E-state index in [1.54, 1.807) is 6.20 Å². The van der Waals surface area contributed by atoms with Gasteiger partial charge in [-0.25, -0.2) is 14.8 Å². The van der Waals surface area contributed by atoms with Crippen LogP contribution in [0.15, 0.2) is 6.20 Å². The third-order valence-electron chi connectivity index (χ3n) is 1.62. The summed E-state index contributed by atoms with van der Waals surface area (Å²) < 4.78 is 1.64. The van der Waals surface area contributed by atoms with Crippen LogP contribution >= 0.6 is 12.2 Å². The molecule has 2 aromatic heterocycles. The second kappa shape index (κ2) is 2.70. The monoisotopic (exact) mass is 196 g/mol. The van der Waals surface area contributed by atoms with Crippen molar-refractivity contribution in [2.75, 3.05) is 5.84 Å². The summed E-state index contributed by atoms with van der Waals surface area (Å²) in [6.45, 7) is 1.90. The third kappa shape index (κ3) is 1.22. The molecule has 0 fully saturated rings. The van der Waals surface area contributed by atoms with Gasteiger partial charge in [-0.15, -0.1) is 5.10 Å². The van der Waals surface area contributed by atoms with E-state index in [9.17, 15) is 0 Å².